The molecule has 1 aliphatic rings. The van der Waals surface area contributed by atoms with Gasteiger partial charge in [-0.05, 0) is 32.8 Å². The number of aryl methyl sites for hydroxylation is 1. The number of carbonyl (C=O) groups excluding carboxylic acids is 1. The molecule has 0 radical (unpaired) electrons. The van der Waals surface area contributed by atoms with Gasteiger partial charge in [-0.25, -0.2) is 15.0 Å². The quantitative estimate of drug-likeness (QED) is 0.737. The second-order valence-corrected chi connectivity index (χ2v) is 7.00. The van der Waals surface area contributed by atoms with Gasteiger partial charge in [-0.2, -0.15) is 5.26 Å². The van der Waals surface area contributed by atoms with Crippen LogP contribution in [0.25, 0.3) is 21.9 Å². The summed E-state index contributed by atoms with van der Waals surface area (Å²) in [7, 11) is 0. The molecule has 1 unspecified atom stereocenters. The molecule has 0 aliphatic carbocycles. The molecule has 1 aliphatic heterocycles. The van der Waals surface area contributed by atoms with Crippen LogP contribution in [0.1, 0.15) is 25.6 Å². The lowest BCUT2D eigenvalue weighted by Gasteiger charge is -2.34. The number of H-pyrrole nitrogens is 1. The zero-order valence-corrected chi connectivity index (χ0v) is 15.4. The number of aromatic amines is 1. The molecule has 3 aromatic rings. The maximum absolute atomic E-state index is 12.0. The maximum Gasteiger partial charge on any atom is 0.237 e. The van der Waals surface area contributed by atoms with E-state index in [9.17, 15) is 4.79 Å². The standard InChI is InChI=1S/C19H21N7O/c1-11(9-20)19(27)25-13-4-7-26(8-5-13)18-16-14-3-6-21-17(14)22-10-15(16)23-12(2)24-18/h3,6,10-11,13H,4-5,7-8H2,1-2H3,(H,23,24)(H,25,27). The van der Waals surface area contributed by atoms with Gasteiger partial charge >= 0.3 is 0 Å². The molecule has 138 valence electrons. The topological polar surface area (TPSA) is 111 Å². The third kappa shape index (κ3) is 3.16. The molecule has 0 saturated carbocycles. The van der Waals surface area contributed by atoms with Crippen molar-refractivity contribution in [3.63, 3.8) is 0 Å². The van der Waals surface area contributed by atoms with Gasteiger partial charge in [0, 0.05) is 30.7 Å². The van der Waals surface area contributed by atoms with Crippen LogP contribution < -0.4 is 10.2 Å². The zero-order chi connectivity index (χ0) is 19.0. The van der Waals surface area contributed by atoms with Gasteiger partial charge in [0.1, 0.15) is 17.6 Å². The monoisotopic (exact) mass is 363 g/mol. The van der Waals surface area contributed by atoms with Gasteiger partial charge in [0.2, 0.25) is 5.91 Å². The van der Waals surface area contributed by atoms with E-state index >= 15 is 0 Å². The highest BCUT2D eigenvalue weighted by Crippen LogP contribution is 2.31. The third-order valence-corrected chi connectivity index (χ3v) is 5.07. The van der Waals surface area contributed by atoms with Crippen LogP contribution >= 0.6 is 0 Å². The molecule has 1 saturated heterocycles. The molecule has 0 aromatic carbocycles. The number of rotatable bonds is 3. The number of carbonyl (C=O) groups is 1. The van der Waals surface area contributed by atoms with E-state index in [1.165, 1.54) is 0 Å². The van der Waals surface area contributed by atoms with E-state index in [1.54, 1.807) is 19.3 Å². The van der Waals surface area contributed by atoms with Crippen molar-refractivity contribution < 1.29 is 4.79 Å². The SMILES string of the molecule is Cc1nc(N2CCC(NC(=O)C(C)C#N)CC2)c2c(cnc3nccc32)[nH]1. The molecular weight excluding hydrogens is 342 g/mol. The number of hydrogen-bond donors (Lipinski definition) is 2. The van der Waals surface area contributed by atoms with Crippen molar-refractivity contribution in [3.05, 3.63) is 24.3 Å². The van der Waals surface area contributed by atoms with Crippen LogP contribution in [0.4, 0.5) is 5.82 Å². The minimum atomic E-state index is -0.619. The first-order chi connectivity index (χ1) is 13.1. The van der Waals surface area contributed by atoms with E-state index in [4.69, 9.17) is 10.2 Å². The van der Waals surface area contributed by atoms with Gasteiger partial charge in [0.25, 0.3) is 0 Å². The van der Waals surface area contributed by atoms with E-state index in [-0.39, 0.29) is 11.9 Å². The summed E-state index contributed by atoms with van der Waals surface area (Å²) < 4.78 is 0. The maximum atomic E-state index is 12.0. The molecule has 2 N–H and O–H groups in total. The van der Waals surface area contributed by atoms with Gasteiger partial charge in [-0.15, -0.1) is 0 Å². The van der Waals surface area contributed by atoms with Crippen molar-refractivity contribution in [1.29, 1.82) is 5.26 Å². The average Bonchev–Trinajstić information content (AvgIpc) is 3.16. The van der Waals surface area contributed by atoms with Gasteiger partial charge in [0.15, 0.2) is 5.65 Å². The molecule has 1 fully saturated rings. The highest BCUT2D eigenvalue weighted by Gasteiger charge is 2.25. The first-order valence-electron chi connectivity index (χ1n) is 9.12. The van der Waals surface area contributed by atoms with E-state index < -0.39 is 5.92 Å². The fourth-order valence-electron chi connectivity index (χ4n) is 3.58. The number of piperidine rings is 1. The van der Waals surface area contributed by atoms with Crippen molar-refractivity contribution >= 4 is 33.7 Å². The van der Waals surface area contributed by atoms with Crippen molar-refractivity contribution in [2.75, 3.05) is 18.0 Å². The van der Waals surface area contributed by atoms with Gasteiger partial charge in [-0.1, -0.05) is 0 Å². The highest BCUT2D eigenvalue weighted by molar-refractivity contribution is 6.09. The number of nitriles is 1. The van der Waals surface area contributed by atoms with E-state index in [0.29, 0.717) is 0 Å². The predicted molar refractivity (Wildman–Crippen MR) is 102 cm³/mol. The molecular formula is C19H21N7O. The van der Waals surface area contributed by atoms with E-state index in [1.807, 2.05) is 19.1 Å². The second-order valence-electron chi connectivity index (χ2n) is 7.00. The van der Waals surface area contributed by atoms with Crippen LogP contribution in [0.3, 0.4) is 0 Å². The molecule has 0 spiro atoms. The Labute approximate surface area is 156 Å². The van der Waals surface area contributed by atoms with Crippen molar-refractivity contribution in [2.45, 2.75) is 32.7 Å². The highest BCUT2D eigenvalue weighted by atomic mass is 16.1. The molecule has 1 atom stereocenters. The Kier molecular flexibility index (Phi) is 4.36. The van der Waals surface area contributed by atoms with E-state index in [2.05, 4.69) is 25.2 Å². The number of pyridine rings is 1. The van der Waals surface area contributed by atoms with Crippen LogP contribution in [-0.2, 0) is 4.79 Å². The summed E-state index contributed by atoms with van der Waals surface area (Å²) in [6.07, 6.45) is 5.20. The summed E-state index contributed by atoms with van der Waals surface area (Å²) in [6.45, 7) is 5.13. The largest absolute Gasteiger partial charge is 0.356 e. The second kappa shape index (κ2) is 6.83. The Bertz CT molecular complexity index is 1040. The Morgan fingerprint density at radius 2 is 2.19 bits per heavy atom. The minimum Gasteiger partial charge on any atom is -0.356 e. The van der Waals surface area contributed by atoms with Crippen molar-refractivity contribution in [2.24, 2.45) is 5.92 Å². The number of nitrogens with one attached hydrogen (secondary N) is 2. The molecule has 8 nitrogen and oxygen atoms in total. The lowest BCUT2D eigenvalue weighted by atomic mass is 10.0. The van der Waals surface area contributed by atoms with Crippen LogP contribution in [0, 0.1) is 24.2 Å². The molecule has 1 amide bonds. The Morgan fingerprint density at radius 3 is 2.93 bits per heavy atom. The number of nitrogens with zero attached hydrogens (tertiary/aromatic N) is 5. The number of fused-ring (bicyclic) bond motifs is 3. The van der Waals surface area contributed by atoms with Crippen LogP contribution in [0.15, 0.2) is 18.5 Å². The molecule has 4 heterocycles. The summed E-state index contributed by atoms with van der Waals surface area (Å²) >= 11 is 0. The predicted octanol–water partition coefficient (Wildman–Crippen LogP) is 2.06. The number of hydrogen-bond acceptors (Lipinski definition) is 6. The van der Waals surface area contributed by atoms with Crippen LogP contribution in [-0.4, -0.2) is 45.0 Å². The average molecular weight is 363 g/mol. The normalized spacial score (nSPS) is 16.4. The minimum absolute atomic E-state index is 0.0921. The molecule has 3 aromatic heterocycles. The third-order valence-electron chi connectivity index (χ3n) is 5.07. The van der Waals surface area contributed by atoms with Crippen molar-refractivity contribution in [1.82, 2.24) is 25.3 Å². The summed E-state index contributed by atoms with van der Waals surface area (Å²) in [4.78, 5) is 31.0. The summed E-state index contributed by atoms with van der Waals surface area (Å²) in [6, 6.07) is 4.04. The zero-order valence-electron chi connectivity index (χ0n) is 15.4. The Morgan fingerprint density at radius 1 is 1.41 bits per heavy atom. The lowest BCUT2D eigenvalue weighted by molar-refractivity contribution is -0.123. The summed E-state index contributed by atoms with van der Waals surface area (Å²) in [5, 5.41) is 13.9. The first-order valence-corrected chi connectivity index (χ1v) is 9.12. The molecule has 4 rings (SSSR count). The van der Waals surface area contributed by atoms with E-state index in [0.717, 1.165) is 59.5 Å². The fourth-order valence-corrected chi connectivity index (χ4v) is 3.58. The lowest BCUT2D eigenvalue weighted by Crippen LogP contribution is -2.46. The molecule has 27 heavy (non-hydrogen) atoms. The van der Waals surface area contributed by atoms with Gasteiger partial charge in [0.05, 0.1) is 23.2 Å². The Balaban J connectivity index is 1.60. The van der Waals surface area contributed by atoms with Crippen molar-refractivity contribution in [3.8, 4) is 6.07 Å². The summed E-state index contributed by atoms with van der Waals surface area (Å²) in [5.74, 6) is 0.945. The molecule has 0 bridgehead atoms. The van der Waals surface area contributed by atoms with Crippen LogP contribution in [0.5, 0.6) is 0 Å². The van der Waals surface area contributed by atoms with Gasteiger partial charge in [-0.3, -0.25) is 4.79 Å². The fraction of sp³-hybridized carbons (Fsp3) is 0.421. The first kappa shape index (κ1) is 17.2. The number of amides is 1. The molecule has 8 heteroatoms. The summed E-state index contributed by atoms with van der Waals surface area (Å²) in [5.41, 5.74) is 1.66. The smallest absolute Gasteiger partial charge is 0.237 e. The number of anilines is 1. The van der Waals surface area contributed by atoms with Gasteiger partial charge < -0.3 is 15.2 Å². The Hall–Kier alpha value is -3.21. The van der Waals surface area contributed by atoms with Crippen LogP contribution in [0.2, 0.25) is 0 Å². The number of aromatic nitrogens is 4.